The highest BCUT2D eigenvalue weighted by molar-refractivity contribution is 5.96. The Morgan fingerprint density at radius 1 is 1.53 bits per heavy atom. The molecule has 2 atom stereocenters. The average molecular weight is 262 g/mol. The third-order valence-electron chi connectivity index (χ3n) is 3.82. The first kappa shape index (κ1) is 14.0. The van der Waals surface area contributed by atoms with Crippen molar-refractivity contribution in [2.75, 3.05) is 18.5 Å². The molecular formula is C15H22N2O2. The summed E-state index contributed by atoms with van der Waals surface area (Å²) >= 11 is 0. The zero-order valence-electron chi connectivity index (χ0n) is 11.6. The standard InChI is InChI=1S/C15H22N2O2/c1-3-6-11-7-4-5-8-12(11)17-14(18)15(2)10-19-9-13(15)16/h4-5,7-8,13H,3,6,9-10,16H2,1-2H3,(H,17,18). The van der Waals surface area contributed by atoms with Crippen molar-refractivity contribution in [3.8, 4) is 0 Å². The molecule has 1 aliphatic heterocycles. The van der Waals surface area contributed by atoms with Gasteiger partial charge in [0.05, 0.1) is 18.6 Å². The van der Waals surface area contributed by atoms with Crippen molar-refractivity contribution in [1.29, 1.82) is 0 Å². The van der Waals surface area contributed by atoms with E-state index in [-0.39, 0.29) is 11.9 Å². The fraction of sp³-hybridized carbons (Fsp3) is 0.533. The van der Waals surface area contributed by atoms with Crippen LogP contribution in [-0.2, 0) is 16.0 Å². The number of amides is 1. The van der Waals surface area contributed by atoms with Gasteiger partial charge in [-0.25, -0.2) is 0 Å². The second-order valence-electron chi connectivity index (χ2n) is 5.40. The third-order valence-corrected chi connectivity index (χ3v) is 3.82. The lowest BCUT2D eigenvalue weighted by Gasteiger charge is -2.26. The van der Waals surface area contributed by atoms with Gasteiger partial charge < -0.3 is 15.8 Å². The molecule has 2 unspecified atom stereocenters. The summed E-state index contributed by atoms with van der Waals surface area (Å²) in [5, 5.41) is 3.01. The Morgan fingerprint density at radius 2 is 2.26 bits per heavy atom. The van der Waals surface area contributed by atoms with E-state index in [4.69, 9.17) is 10.5 Å². The second kappa shape index (κ2) is 5.72. The zero-order chi connectivity index (χ0) is 13.9. The first-order valence-electron chi connectivity index (χ1n) is 6.80. The van der Waals surface area contributed by atoms with Crippen molar-refractivity contribution in [2.45, 2.75) is 32.7 Å². The molecule has 0 spiro atoms. The van der Waals surface area contributed by atoms with Crippen LogP contribution in [-0.4, -0.2) is 25.2 Å². The van der Waals surface area contributed by atoms with E-state index in [1.165, 1.54) is 0 Å². The molecular weight excluding hydrogens is 240 g/mol. The van der Waals surface area contributed by atoms with Crippen molar-refractivity contribution in [3.05, 3.63) is 29.8 Å². The summed E-state index contributed by atoms with van der Waals surface area (Å²) in [5.41, 5.74) is 7.38. The molecule has 4 heteroatoms. The minimum atomic E-state index is -0.640. The normalized spacial score (nSPS) is 26.4. The molecule has 19 heavy (non-hydrogen) atoms. The lowest BCUT2D eigenvalue weighted by Crippen LogP contribution is -2.47. The van der Waals surface area contributed by atoms with Crippen molar-refractivity contribution in [3.63, 3.8) is 0 Å². The fourth-order valence-corrected chi connectivity index (χ4v) is 2.32. The summed E-state index contributed by atoms with van der Waals surface area (Å²) in [6.07, 6.45) is 2.00. The Kier molecular flexibility index (Phi) is 4.22. The Balaban J connectivity index is 2.15. The van der Waals surface area contributed by atoms with E-state index >= 15 is 0 Å². The van der Waals surface area contributed by atoms with E-state index in [2.05, 4.69) is 12.2 Å². The quantitative estimate of drug-likeness (QED) is 0.871. The maximum atomic E-state index is 12.4. The minimum absolute atomic E-state index is 0.0546. The average Bonchev–Trinajstić information content (AvgIpc) is 2.74. The first-order valence-corrected chi connectivity index (χ1v) is 6.80. The van der Waals surface area contributed by atoms with Crippen molar-refractivity contribution < 1.29 is 9.53 Å². The molecule has 3 N–H and O–H groups in total. The van der Waals surface area contributed by atoms with Crippen LogP contribution in [0.5, 0.6) is 0 Å². The molecule has 1 amide bonds. The molecule has 1 saturated heterocycles. The number of benzene rings is 1. The van der Waals surface area contributed by atoms with Gasteiger partial charge in [0, 0.05) is 11.7 Å². The number of para-hydroxylation sites is 1. The van der Waals surface area contributed by atoms with Gasteiger partial charge in [0.2, 0.25) is 5.91 Å². The Labute approximate surface area is 114 Å². The van der Waals surface area contributed by atoms with E-state index in [1.807, 2.05) is 31.2 Å². The largest absolute Gasteiger partial charge is 0.379 e. The lowest BCUT2D eigenvalue weighted by atomic mass is 9.84. The van der Waals surface area contributed by atoms with E-state index in [0.29, 0.717) is 13.2 Å². The van der Waals surface area contributed by atoms with Crippen LogP contribution in [0.3, 0.4) is 0 Å². The highest BCUT2D eigenvalue weighted by Gasteiger charge is 2.44. The molecule has 1 aliphatic rings. The first-order chi connectivity index (χ1) is 9.08. The summed E-state index contributed by atoms with van der Waals surface area (Å²) < 4.78 is 5.32. The molecule has 0 aromatic heterocycles. The number of hydrogen-bond donors (Lipinski definition) is 2. The Morgan fingerprint density at radius 3 is 2.89 bits per heavy atom. The Bertz CT molecular complexity index is 461. The fourth-order valence-electron chi connectivity index (χ4n) is 2.32. The van der Waals surface area contributed by atoms with Crippen LogP contribution in [0.4, 0.5) is 5.69 Å². The van der Waals surface area contributed by atoms with Gasteiger partial charge in [-0.3, -0.25) is 4.79 Å². The summed E-state index contributed by atoms with van der Waals surface area (Å²) in [6.45, 7) is 4.82. The van der Waals surface area contributed by atoms with Gasteiger partial charge in [0.1, 0.15) is 0 Å². The van der Waals surface area contributed by atoms with E-state index < -0.39 is 5.41 Å². The smallest absolute Gasteiger partial charge is 0.234 e. The summed E-state index contributed by atoms with van der Waals surface area (Å²) in [6, 6.07) is 7.67. The van der Waals surface area contributed by atoms with Gasteiger partial charge in [-0.1, -0.05) is 31.5 Å². The number of nitrogens with two attached hydrogens (primary N) is 1. The maximum Gasteiger partial charge on any atom is 0.234 e. The molecule has 0 saturated carbocycles. The van der Waals surface area contributed by atoms with Crippen molar-refractivity contribution in [1.82, 2.24) is 0 Å². The number of carbonyl (C=O) groups excluding carboxylic acids is 1. The SMILES string of the molecule is CCCc1ccccc1NC(=O)C1(C)COCC1N. The minimum Gasteiger partial charge on any atom is -0.379 e. The van der Waals surface area contributed by atoms with Crippen LogP contribution in [0.2, 0.25) is 0 Å². The zero-order valence-corrected chi connectivity index (χ0v) is 11.6. The monoisotopic (exact) mass is 262 g/mol. The topological polar surface area (TPSA) is 64.3 Å². The molecule has 4 nitrogen and oxygen atoms in total. The van der Waals surface area contributed by atoms with Crippen molar-refractivity contribution >= 4 is 11.6 Å². The Hall–Kier alpha value is -1.39. The van der Waals surface area contributed by atoms with Gasteiger partial charge in [0.25, 0.3) is 0 Å². The number of rotatable bonds is 4. The van der Waals surface area contributed by atoms with Crippen LogP contribution in [0.25, 0.3) is 0 Å². The highest BCUT2D eigenvalue weighted by atomic mass is 16.5. The maximum absolute atomic E-state index is 12.4. The molecule has 0 aliphatic carbocycles. The molecule has 0 bridgehead atoms. The van der Waals surface area contributed by atoms with Crippen LogP contribution >= 0.6 is 0 Å². The van der Waals surface area contributed by atoms with Crippen LogP contribution in [0.15, 0.2) is 24.3 Å². The van der Waals surface area contributed by atoms with E-state index in [9.17, 15) is 4.79 Å². The van der Waals surface area contributed by atoms with E-state index in [0.717, 1.165) is 24.1 Å². The molecule has 2 rings (SSSR count). The highest BCUT2D eigenvalue weighted by Crippen LogP contribution is 2.29. The van der Waals surface area contributed by atoms with Gasteiger partial charge in [-0.15, -0.1) is 0 Å². The number of anilines is 1. The van der Waals surface area contributed by atoms with Gasteiger partial charge in [0.15, 0.2) is 0 Å². The summed E-state index contributed by atoms with van der Waals surface area (Å²) in [5.74, 6) is -0.0546. The second-order valence-corrected chi connectivity index (χ2v) is 5.40. The predicted molar refractivity (Wildman–Crippen MR) is 76.0 cm³/mol. The molecule has 0 radical (unpaired) electrons. The third kappa shape index (κ3) is 2.80. The number of hydrogen-bond acceptors (Lipinski definition) is 3. The number of aryl methyl sites for hydroxylation is 1. The number of ether oxygens (including phenoxy) is 1. The molecule has 1 aromatic rings. The van der Waals surface area contributed by atoms with Crippen molar-refractivity contribution in [2.24, 2.45) is 11.1 Å². The van der Waals surface area contributed by atoms with Gasteiger partial charge >= 0.3 is 0 Å². The molecule has 1 fully saturated rings. The molecule has 1 aromatic carbocycles. The summed E-state index contributed by atoms with van der Waals surface area (Å²) in [7, 11) is 0. The summed E-state index contributed by atoms with van der Waals surface area (Å²) in [4.78, 5) is 12.4. The van der Waals surface area contributed by atoms with Crippen LogP contribution in [0, 0.1) is 5.41 Å². The molecule has 104 valence electrons. The van der Waals surface area contributed by atoms with Crippen LogP contribution in [0.1, 0.15) is 25.8 Å². The predicted octanol–water partition coefficient (Wildman–Crippen LogP) is 1.94. The molecule has 1 heterocycles. The van der Waals surface area contributed by atoms with Crippen LogP contribution < -0.4 is 11.1 Å². The lowest BCUT2D eigenvalue weighted by molar-refractivity contribution is -0.125. The number of nitrogens with one attached hydrogen (secondary N) is 1. The van der Waals surface area contributed by atoms with E-state index in [1.54, 1.807) is 0 Å². The van der Waals surface area contributed by atoms with Gasteiger partial charge in [-0.2, -0.15) is 0 Å². The van der Waals surface area contributed by atoms with Gasteiger partial charge in [-0.05, 0) is 25.0 Å². The number of carbonyl (C=O) groups is 1.